The number of anilines is 1. The molecule has 0 aliphatic rings. The van der Waals surface area contributed by atoms with Crippen LogP contribution in [0.1, 0.15) is 17.0 Å². The number of amides is 1. The zero-order chi connectivity index (χ0) is 18.0. The fourth-order valence-electron chi connectivity index (χ4n) is 2.16. The summed E-state index contributed by atoms with van der Waals surface area (Å²) in [5, 5.41) is 14.1. The highest BCUT2D eigenvalue weighted by molar-refractivity contribution is 7.99. The monoisotopic (exact) mass is 373 g/mol. The standard InChI is InChI=1S/C17H19N5OS2/c1-10-5-6-13(7-11(10)2)14-8-24-16(18-14)19-15(23)9-25-17-21-20-12(3)22(17)4/h5-8H,9H2,1-4H3,(H,18,19,23). The molecule has 0 unspecified atom stereocenters. The Morgan fingerprint density at radius 1 is 1.24 bits per heavy atom. The van der Waals surface area contributed by atoms with Gasteiger partial charge < -0.3 is 9.88 Å². The highest BCUT2D eigenvalue weighted by Crippen LogP contribution is 2.26. The molecule has 0 bridgehead atoms. The predicted molar refractivity (Wildman–Crippen MR) is 102 cm³/mol. The Morgan fingerprint density at radius 3 is 2.72 bits per heavy atom. The van der Waals surface area contributed by atoms with Crippen LogP contribution in [0.5, 0.6) is 0 Å². The van der Waals surface area contributed by atoms with E-state index in [9.17, 15) is 4.79 Å². The van der Waals surface area contributed by atoms with Gasteiger partial charge in [-0.3, -0.25) is 4.79 Å². The Labute approximate surface area is 154 Å². The van der Waals surface area contributed by atoms with Gasteiger partial charge in [0.2, 0.25) is 5.91 Å². The molecule has 25 heavy (non-hydrogen) atoms. The maximum atomic E-state index is 12.1. The number of benzene rings is 1. The van der Waals surface area contributed by atoms with Gasteiger partial charge in [-0.25, -0.2) is 4.98 Å². The molecule has 0 fully saturated rings. The van der Waals surface area contributed by atoms with E-state index in [1.54, 1.807) is 0 Å². The largest absolute Gasteiger partial charge is 0.309 e. The van der Waals surface area contributed by atoms with Crippen molar-refractivity contribution < 1.29 is 4.79 Å². The number of carbonyl (C=O) groups is 1. The van der Waals surface area contributed by atoms with E-state index in [0.29, 0.717) is 5.13 Å². The van der Waals surface area contributed by atoms with Crippen LogP contribution in [-0.2, 0) is 11.8 Å². The van der Waals surface area contributed by atoms with Crippen LogP contribution in [0.4, 0.5) is 5.13 Å². The van der Waals surface area contributed by atoms with Gasteiger partial charge in [-0.05, 0) is 38.0 Å². The van der Waals surface area contributed by atoms with Crippen LogP contribution in [0.2, 0.25) is 0 Å². The lowest BCUT2D eigenvalue weighted by atomic mass is 10.1. The lowest BCUT2D eigenvalue weighted by Crippen LogP contribution is -2.14. The topological polar surface area (TPSA) is 72.7 Å². The Balaban J connectivity index is 1.61. The van der Waals surface area contributed by atoms with E-state index in [-0.39, 0.29) is 11.7 Å². The minimum Gasteiger partial charge on any atom is -0.309 e. The van der Waals surface area contributed by atoms with Gasteiger partial charge in [-0.15, -0.1) is 21.5 Å². The second-order valence-electron chi connectivity index (χ2n) is 5.76. The zero-order valence-corrected chi connectivity index (χ0v) is 16.2. The minimum atomic E-state index is -0.105. The van der Waals surface area contributed by atoms with Crippen molar-refractivity contribution in [2.24, 2.45) is 7.05 Å². The molecule has 2 aromatic heterocycles. The molecule has 0 saturated carbocycles. The van der Waals surface area contributed by atoms with Crippen LogP contribution >= 0.6 is 23.1 Å². The molecule has 2 heterocycles. The Bertz CT molecular complexity index is 916. The number of thioether (sulfide) groups is 1. The molecule has 1 N–H and O–H groups in total. The molecular formula is C17H19N5OS2. The molecule has 0 saturated heterocycles. The highest BCUT2D eigenvalue weighted by atomic mass is 32.2. The first-order valence-electron chi connectivity index (χ1n) is 7.76. The van der Waals surface area contributed by atoms with E-state index in [1.165, 1.54) is 34.2 Å². The third-order valence-electron chi connectivity index (χ3n) is 3.94. The van der Waals surface area contributed by atoms with Crippen molar-refractivity contribution in [3.8, 4) is 11.3 Å². The number of nitrogens with zero attached hydrogens (tertiary/aromatic N) is 4. The van der Waals surface area contributed by atoms with Crippen molar-refractivity contribution in [3.05, 3.63) is 40.5 Å². The van der Waals surface area contributed by atoms with Gasteiger partial charge in [0.15, 0.2) is 10.3 Å². The number of hydrogen-bond acceptors (Lipinski definition) is 6. The molecule has 0 spiro atoms. The van der Waals surface area contributed by atoms with E-state index < -0.39 is 0 Å². The van der Waals surface area contributed by atoms with Gasteiger partial charge in [0.05, 0.1) is 11.4 Å². The highest BCUT2D eigenvalue weighted by Gasteiger charge is 2.11. The van der Waals surface area contributed by atoms with Gasteiger partial charge >= 0.3 is 0 Å². The van der Waals surface area contributed by atoms with Crippen molar-refractivity contribution in [3.63, 3.8) is 0 Å². The van der Waals surface area contributed by atoms with Crippen LogP contribution in [0.3, 0.4) is 0 Å². The van der Waals surface area contributed by atoms with Gasteiger partial charge in [0, 0.05) is 18.0 Å². The number of thiazole rings is 1. The summed E-state index contributed by atoms with van der Waals surface area (Å²) in [5.74, 6) is 0.984. The predicted octanol–water partition coefficient (Wildman–Crippen LogP) is 3.59. The maximum Gasteiger partial charge on any atom is 0.236 e. The van der Waals surface area contributed by atoms with Crippen molar-refractivity contribution in [2.75, 3.05) is 11.1 Å². The average molecular weight is 374 g/mol. The summed E-state index contributed by atoms with van der Waals surface area (Å²) in [7, 11) is 1.88. The average Bonchev–Trinajstić information content (AvgIpc) is 3.16. The maximum absolute atomic E-state index is 12.1. The number of aromatic nitrogens is 4. The van der Waals surface area contributed by atoms with E-state index in [1.807, 2.05) is 23.9 Å². The summed E-state index contributed by atoms with van der Waals surface area (Å²) in [5.41, 5.74) is 4.42. The van der Waals surface area contributed by atoms with Crippen LogP contribution in [0.25, 0.3) is 11.3 Å². The van der Waals surface area contributed by atoms with Crippen LogP contribution in [0.15, 0.2) is 28.7 Å². The van der Waals surface area contributed by atoms with Crippen molar-refractivity contribution >= 4 is 34.1 Å². The van der Waals surface area contributed by atoms with E-state index in [2.05, 4.69) is 52.5 Å². The lowest BCUT2D eigenvalue weighted by Gasteiger charge is -2.03. The van der Waals surface area contributed by atoms with Crippen molar-refractivity contribution in [2.45, 2.75) is 25.9 Å². The first kappa shape index (κ1) is 17.6. The Morgan fingerprint density at radius 2 is 2.04 bits per heavy atom. The molecule has 3 aromatic rings. The van der Waals surface area contributed by atoms with Gasteiger partial charge in [-0.1, -0.05) is 23.9 Å². The minimum absolute atomic E-state index is 0.105. The molecule has 0 atom stereocenters. The molecule has 8 heteroatoms. The van der Waals surface area contributed by atoms with Crippen LogP contribution in [0, 0.1) is 20.8 Å². The molecular weight excluding hydrogens is 354 g/mol. The van der Waals surface area contributed by atoms with E-state index >= 15 is 0 Å². The van der Waals surface area contributed by atoms with Crippen molar-refractivity contribution in [1.82, 2.24) is 19.7 Å². The van der Waals surface area contributed by atoms with E-state index in [4.69, 9.17) is 0 Å². The van der Waals surface area contributed by atoms with Crippen molar-refractivity contribution in [1.29, 1.82) is 0 Å². The molecule has 1 amide bonds. The van der Waals surface area contributed by atoms with E-state index in [0.717, 1.165) is 22.2 Å². The Kier molecular flexibility index (Phi) is 5.19. The second kappa shape index (κ2) is 7.37. The van der Waals surface area contributed by atoms with Crippen LogP contribution < -0.4 is 5.32 Å². The van der Waals surface area contributed by atoms with Crippen LogP contribution in [-0.4, -0.2) is 31.4 Å². The third-order valence-corrected chi connectivity index (χ3v) is 5.72. The normalized spacial score (nSPS) is 10.9. The summed E-state index contributed by atoms with van der Waals surface area (Å²) >= 11 is 2.78. The first-order valence-corrected chi connectivity index (χ1v) is 9.62. The zero-order valence-electron chi connectivity index (χ0n) is 14.5. The lowest BCUT2D eigenvalue weighted by molar-refractivity contribution is -0.113. The molecule has 3 rings (SSSR count). The number of hydrogen-bond donors (Lipinski definition) is 1. The molecule has 0 aliphatic heterocycles. The summed E-state index contributed by atoms with van der Waals surface area (Å²) < 4.78 is 1.86. The quantitative estimate of drug-likeness (QED) is 0.692. The van der Waals surface area contributed by atoms with Gasteiger partial charge in [-0.2, -0.15) is 0 Å². The second-order valence-corrected chi connectivity index (χ2v) is 7.56. The molecule has 0 radical (unpaired) electrons. The smallest absolute Gasteiger partial charge is 0.236 e. The Hall–Kier alpha value is -2.19. The fourth-order valence-corrected chi connectivity index (χ4v) is 3.66. The number of carbonyl (C=O) groups excluding carboxylic acids is 1. The summed E-state index contributed by atoms with van der Waals surface area (Å²) in [6.45, 7) is 6.04. The molecule has 130 valence electrons. The third kappa shape index (κ3) is 4.08. The number of nitrogens with one attached hydrogen (secondary N) is 1. The summed E-state index contributed by atoms with van der Waals surface area (Å²) in [6.07, 6.45) is 0. The number of aryl methyl sites for hydroxylation is 3. The van der Waals surface area contributed by atoms with Gasteiger partial charge in [0.1, 0.15) is 5.82 Å². The molecule has 6 nitrogen and oxygen atoms in total. The first-order chi connectivity index (χ1) is 11.9. The van der Waals surface area contributed by atoms with Gasteiger partial charge in [0.25, 0.3) is 0 Å². The SMILES string of the molecule is Cc1ccc(-c2csc(NC(=O)CSc3nnc(C)n3C)n2)cc1C. The fraction of sp³-hybridized carbons (Fsp3) is 0.294. The summed E-state index contributed by atoms with van der Waals surface area (Å²) in [4.78, 5) is 16.6. The number of rotatable bonds is 5. The molecule has 0 aliphatic carbocycles. The summed E-state index contributed by atoms with van der Waals surface area (Å²) in [6, 6.07) is 6.25. The molecule has 1 aromatic carbocycles.